The lowest BCUT2D eigenvalue weighted by atomic mass is 10.1. The Kier molecular flexibility index (Phi) is 4.86. The molecule has 0 radical (unpaired) electrons. The van der Waals surface area contributed by atoms with Crippen molar-refractivity contribution in [1.82, 2.24) is 4.90 Å². The van der Waals surface area contributed by atoms with E-state index in [-0.39, 0.29) is 5.91 Å². The molecule has 2 aromatic rings. The molecule has 0 spiro atoms. The first-order valence-electron chi connectivity index (χ1n) is 8.51. The Morgan fingerprint density at radius 3 is 2.67 bits per heavy atom. The summed E-state index contributed by atoms with van der Waals surface area (Å²) < 4.78 is 0. The third kappa shape index (κ3) is 3.29. The maximum atomic E-state index is 12.9. The third-order valence-electron chi connectivity index (χ3n) is 4.94. The van der Waals surface area contributed by atoms with Gasteiger partial charge in [-0.05, 0) is 62.1 Å². The molecule has 4 heteroatoms. The zero-order valence-electron chi connectivity index (χ0n) is 14.4. The van der Waals surface area contributed by atoms with Gasteiger partial charge in [0.1, 0.15) is 0 Å². The van der Waals surface area contributed by atoms with Gasteiger partial charge in [-0.25, -0.2) is 0 Å². The predicted octanol–water partition coefficient (Wildman–Crippen LogP) is 3.47. The zero-order valence-corrected chi connectivity index (χ0v) is 14.4. The molecule has 3 N–H and O–H groups in total. The normalized spacial score (nSPS) is 17.1. The average Bonchev–Trinajstić information content (AvgIpc) is 3.08. The van der Waals surface area contributed by atoms with Crippen molar-refractivity contribution >= 4 is 17.3 Å². The van der Waals surface area contributed by atoms with Crippen LogP contribution in [0.1, 0.15) is 27.9 Å². The van der Waals surface area contributed by atoms with Gasteiger partial charge in [0.2, 0.25) is 0 Å². The van der Waals surface area contributed by atoms with Gasteiger partial charge >= 0.3 is 0 Å². The number of nitrogens with zero attached hydrogens (tertiary/aromatic N) is 1. The van der Waals surface area contributed by atoms with Crippen molar-refractivity contribution in [2.45, 2.75) is 20.3 Å². The van der Waals surface area contributed by atoms with E-state index < -0.39 is 0 Å². The molecule has 1 atom stereocenters. The number of hydrogen-bond donors (Lipinski definition) is 2. The molecule has 1 amide bonds. The van der Waals surface area contributed by atoms with Gasteiger partial charge in [-0.3, -0.25) is 4.79 Å². The van der Waals surface area contributed by atoms with Crippen LogP contribution in [0.3, 0.4) is 0 Å². The van der Waals surface area contributed by atoms with E-state index in [1.807, 2.05) is 41.3 Å². The van der Waals surface area contributed by atoms with Gasteiger partial charge in [-0.2, -0.15) is 0 Å². The second kappa shape index (κ2) is 7.05. The zero-order chi connectivity index (χ0) is 17.1. The van der Waals surface area contributed by atoms with Crippen molar-refractivity contribution < 1.29 is 4.79 Å². The summed E-state index contributed by atoms with van der Waals surface area (Å²) in [6, 6.07) is 13.9. The van der Waals surface area contributed by atoms with Crippen molar-refractivity contribution in [3.63, 3.8) is 0 Å². The molecule has 4 nitrogen and oxygen atoms in total. The second-order valence-corrected chi connectivity index (χ2v) is 6.56. The Morgan fingerprint density at radius 2 is 1.92 bits per heavy atom. The fraction of sp³-hybridized carbons (Fsp3) is 0.350. The van der Waals surface area contributed by atoms with Gasteiger partial charge in [0.25, 0.3) is 5.91 Å². The number of aryl methyl sites for hydroxylation is 1. The molecule has 0 unspecified atom stereocenters. The van der Waals surface area contributed by atoms with E-state index >= 15 is 0 Å². The van der Waals surface area contributed by atoms with Crippen molar-refractivity contribution in [1.29, 1.82) is 0 Å². The van der Waals surface area contributed by atoms with Gasteiger partial charge < -0.3 is 16.0 Å². The van der Waals surface area contributed by atoms with E-state index in [4.69, 9.17) is 5.73 Å². The quantitative estimate of drug-likeness (QED) is 0.906. The molecule has 1 aliphatic heterocycles. The first-order valence-corrected chi connectivity index (χ1v) is 8.51. The Bertz CT molecular complexity index is 741. The van der Waals surface area contributed by atoms with Crippen LogP contribution in [0.2, 0.25) is 0 Å². The maximum Gasteiger partial charge on any atom is 0.255 e. The lowest BCUT2D eigenvalue weighted by molar-refractivity contribution is 0.0788. The van der Waals surface area contributed by atoms with E-state index in [1.165, 1.54) is 11.1 Å². The number of hydrogen-bond acceptors (Lipinski definition) is 3. The number of carbonyl (C=O) groups is 1. The van der Waals surface area contributed by atoms with Crippen LogP contribution < -0.4 is 11.1 Å². The van der Waals surface area contributed by atoms with Gasteiger partial charge in [0.15, 0.2) is 0 Å². The number of nitrogens with two attached hydrogens (primary N) is 1. The minimum Gasteiger partial charge on any atom is -0.355 e. The summed E-state index contributed by atoms with van der Waals surface area (Å²) in [6.07, 6.45) is 0.995. The molecule has 1 heterocycles. The summed E-state index contributed by atoms with van der Waals surface area (Å²) in [5.41, 5.74) is 10.8. The SMILES string of the molecule is Cc1cccc(Nc2ccccc2C(=O)N2CC[C@H](CN)C2)c1C. The molecule has 3 rings (SSSR count). The van der Waals surface area contributed by atoms with Crippen molar-refractivity contribution in [3.05, 3.63) is 59.2 Å². The number of nitrogens with one attached hydrogen (secondary N) is 1. The predicted molar refractivity (Wildman–Crippen MR) is 98.7 cm³/mol. The molecular weight excluding hydrogens is 298 g/mol. The number of likely N-dealkylation sites (tertiary alicyclic amines) is 1. The van der Waals surface area contributed by atoms with Gasteiger partial charge in [-0.15, -0.1) is 0 Å². The lowest BCUT2D eigenvalue weighted by Gasteiger charge is -2.20. The number of benzene rings is 2. The van der Waals surface area contributed by atoms with Crippen LogP contribution in [0.5, 0.6) is 0 Å². The smallest absolute Gasteiger partial charge is 0.255 e. The highest BCUT2D eigenvalue weighted by molar-refractivity contribution is 6.00. The van der Waals surface area contributed by atoms with Crippen LogP contribution in [-0.4, -0.2) is 30.4 Å². The standard InChI is InChI=1S/C20H25N3O/c1-14-6-5-9-18(15(14)2)22-19-8-4-3-7-17(19)20(24)23-11-10-16(12-21)13-23/h3-9,16,22H,10-13,21H2,1-2H3/t16-/m1/s1. The molecule has 0 saturated carbocycles. The molecule has 126 valence electrons. The average molecular weight is 323 g/mol. The lowest BCUT2D eigenvalue weighted by Crippen LogP contribution is -2.30. The molecule has 1 aliphatic rings. The summed E-state index contributed by atoms with van der Waals surface area (Å²) in [5, 5.41) is 3.44. The van der Waals surface area contributed by atoms with E-state index in [1.54, 1.807) is 0 Å². The van der Waals surface area contributed by atoms with E-state index in [0.29, 0.717) is 12.5 Å². The van der Waals surface area contributed by atoms with Crippen molar-refractivity contribution in [2.24, 2.45) is 11.7 Å². The largest absolute Gasteiger partial charge is 0.355 e. The molecule has 0 aromatic heterocycles. The fourth-order valence-electron chi connectivity index (χ4n) is 3.19. The molecule has 0 bridgehead atoms. The number of rotatable bonds is 4. The Balaban J connectivity index is 1.86. The Morgan fingerprint density at radius 1 is 1.17 bits per heavy atom. The van der Waals surface area contributed by atoms with Crippen LogP contribution in [0, 0.1) is 19.8 Å². The number of anilines is 2. The minimum atomic E-state index is 0.0827. The maximum absolute atomic E-state index is 12.9. The summed E-state index contributed by atoms with van der Waals surface area (Å²) in [5.74, 6) is 0.507. The highest BCUT2D eigenvalue weighted by Crippen LogP contribution is 2.27. The first-order chi connectivity index (χ1) is 11.6. The molecule has 24 heavy (non-hydrogen) atoms. The van der Waals surface area contributed by atoms with Crippen molar-refractivity contribution in [3.8, 4) is 0 Å². The molecule has 1 saturated heterocycles. The number of amides is 1. The van der Waals surface area contributed by atoms with Gasteiger partial charge in [0.05, 0.1) is 11.3 Å². The van der Waals surface area contributed by atoms with Crippen LogP contribution in [0.4, 0.5) is 11.4 Å². The summed E-state index contributed by atoms with van der Waals surface area (Å²) in [7, 11) is 0. The summed E-state index contributed by atoms with van der Waals surface area (Å²) >= 11 is 0. The van der Waals surface area contributed by atoms with Gasteiger partial charge in [-0.1, -0.05) is 24.3 Å². The molecular formula is C20H25N3O. The Hall–Kier alpha value is -2.33. The second-order valence-electron chi connectivity index (χ2n) is 6.56. The van der Waals surface area contributed by atoms with Crippen LogP contribution in [-0.2, 0) is 0 Å². The van der Waals surface area contributed by atoms with Crippen LogP contribution in [0.15, 0.2) is 42.5 Å². The first kappa shape index (κ1) is 16.5. The van der Waals surface area contributed by atoms with Crippen LogP contribution in [0.25, 0.3) is 0 Å². The van der Waals surface area contributed by atoms with E-state index in [9.17, 15) is 4.79 Å². The minimum absolute atomic E-state index is 0.0827. The van der Waals surface area contributed by atoms with Crippen molar-refractivity contribution in [2.75, 3.05) is 25.0 Å². The molecule has 2 aromatic carbocycles. The molecule has 0 aliphatic carbocycles. The van der Waals surface area contributed by atoms with Crippen LogP contribution >= 0.6 is 0 Å². The van der Waals surface area contributed by atoms with E-state index in [0.717, 1.165) is 36.4 Å². The highest BCUT2D eigenvalue weighted by atomic mass is 16.2. The van der Waals surface area contributed by atoms with E-state index in [2.05, 4.69) is 25.2 Å². The fourth-order valence-corrected chi connectivity index (χ4v) is 3.19. The summed E-state index contributed by atoms with van der Waals surface area (Å²) in [6.45, 7) is 6.38. The summed E-state index contributed by atoms with van der Waals surface area (Å²) in [4.78, 5) is 14.8. The molecule has 1 fully saturated rings. The monoisotopic (exact) mass is 323 g/mol. The number of para-hydroxylation sites is 1. The van der Waals surface area contributed by atoms with Gasteiger partial charge in [0, 0.05) is 18.8 Å². The highest BCUT2D eigenvalue weighted by Gasteiger charge is 2.27. The topological polar surface area (TPSA) is 58.4 Å². The third-order valence-corrected chi connectivity index (χ3v) is 4.94. The number of carbonyl (C=O) groups excluding carboxylic acids is 1. The Labute approximate surface area is 143 Å².